The maximum atomic E-state index is 12.9. The number of hydrogen-bond acceptors (Lipinski definition) is 5. The van der Waals surface area contributed by atoms with Crippen LogP contribution in [0.4, 0.5) is 0 Å². The molecule has 1 aromatic rings. The summed E-state index contributed by atoms with van der Waals surface area (Å²) in [5.41, 5.74) is 8.97. The van der Waals surface area contributed by atoms with E-state index in [4.69, 9.17) is 10.5 Å². The molecule has 2 aliphatic heterocycles. The van der Waals surface area contributed by atoms with Gasteiger partial charge < -0.3 is 15.8 Å². The Morgan fingerprint density at radius 3 is 2.73 bits per heavy atom. The lowest BCUT2D eigenvalue weighted by Crippen LogP contribution is -2.54. The number of hydrazine groups is 1. The van der Waals surface area contributed by atoms with Gasteiger partial charge in [0.05, 0.1) is 18.7 Å². The Balaban J connectivity index is 1.84. The topological polar surface area (TPSA) is 96.7 Å². The van der Waals surface area contributed by atoms with Gasteiger partial charge in [-0.2, -0.15) is 0 Å². The highest BCUT2D eigenvalue weighted by molar-refractivity contribution is 5.97. The van der Waals surface area contributed by atoms with Gasteiger partial charge in [0.2, 0.25) is 5.91 Å². The minimum atomic E-state index is -1.11. The fraction of sp³-hybridized carbons (Fsp3) is 0.474. The molecule has 3 rings (SSSR count). The summed E-state index contributed by atoms with van der Waals surface area (Å²) in [6.45, 7) is 4.88. The van der Waals surface area contributed by atoms with E-state index >= 15 is 0 Å². The molecular formula is C19H26N4O3. The second-order valence-electron chi connectivity index (χ2n) is 7.05. The third kappa shape index (κ3) is 3.73. The third-order valence-electron chi connectivity index (χ3n) is 4.95. The molecule has 7 heteroatoms. The molecule has 0 saturated carbocycles. The van der Waals surface area contributed by atoms with Crippen LogP contribution in [0.25, 0.3) is 0 Å². The summed E-state index contributed by atoms with van der Waals surface area (Å²) >= 11 is 0. The molecule has 2 unspecified atom stereocenters. The van der Waals surface area contributed by atoms with Crippen molar-refractivity contribution in [2.75, 3.05) is 13.2 Å². The molecule has 26 heavy (non-hydrogen) atoms. The lowest BCUT2D eigenvalue weighted by Gasteiger charge is -2.33. The number of nitrogens with two attached hydrogens (primary N) is 1. The van der Waals surface area contributed by atoms with Gasteiger partial charge in [-0.05, 0) is 38.3 Å². The number of rotatable bonds is 5. The molecule has 0 aliphatic carbocycles. The predicted molar refractivity (Wildman–Crippen MR) is 97.5 cm³/mol. The molecule has 4 N–H and O–H groups in total. The van der Waals surface area contributed by atoms with Crippen molar-refractivity contribution in [2.24, 2.45) is 5.73 Å². The zero-order chi connectivity index (χ0) is 18.7. The molecule has 3 atom stereocenters. The highest BCUT2D eigenvalue weighted by atomic mass is 16.5. The van der Waals surface area contributed by atoms with E-state index in [0.29, 0.717) is 12.3 Å². The van der Waals surface area contributed by atoms with Gasteiger partial charge in [0, 0.05) is 6.61 Å². The SMILES string of the molecule is C[C@@H](c1ccccc1)N1NC(C)(C(N)=O)C=C1C(=O)NC1CCCOC1. The van der Waals surface area contributed by atoms with Crippen molar-refractivity contribution in [3.8, 4) is 0 Å². The first-order valence-corrected chi connectivity index (χ1v) is 8.94. The van der Waals surface area contributed by atoms with Crippen molar-refractivity contribution in [3.63, 3.8) is 0 Å². The van der Waals surface area contributed by atoms with Gasteiger partial charge in [0.15, 0.2) is 0 Å². The minimum absolute atomic E-state index is 0.0218. The molecule has 1 saturated heterocycles. The van der Waals surface area contributed by atoms with Crippen LogP contribution < -0.4 is 16.5 Å². The Morgan fingerprint density at radius 2 is 2.12 bits per heavy atom. The van der Waals surface area contributed by atoms with Gasteiger partial charge in [0.1, 0.15) is 11.2 Å². The number of hydrogen-bond donors (Lipinski definition) is 3. The molecule has 2 heterocycles. The summed E-state index contributed by atoms with van der Waals surface area (Å²) in [5, 5.41) is 4.73. The second-order valence-corrected chi connectivity index (χ2v) is 7.05. The number of carbonyl (C=O) groups excluding carboxylic acids is 2. The number of benzene rings is 1. The number of primary amides is 1. The molecule has 1 fully saturated rings. The average Bonchev–Trinajstić information content (AvgIpc) is 3.02. The van der Waals surface area contributed by atoms with E-state index in [1.54, 1.807) is 18.0 Å². The maximum absolute atomic E-state index is 12.9. The maximum Gasteiger partial charge on any atom is 0.269 e. The number of ether oxygens (including phenoxy) is 1. The molecule has 0 aromatic heterocycles. The quantitative estimate of drug-likeness (QED) is 0.729. The molecule has 7 nitrogen and oxygen atoms in total. The molecular weight excluding hydrogens is 332 g/mol. The zero-order valence-corrected chi connectivity index (χ0v) is 15.2. The number of carbonyl (C=O) groups is 2. The van der Waals surface area contributed by atoms with E-state index in [-0.39, 0.29) is 18.0 Å². The van der Waals surface area contributed by atoms with Gasteiger partial charge in [-0.1, -0.05) is 30.3 Å². The smallest absolute Gasteiger partial charge is 0.269 e. The van der Waals surface area contributed by atoms with Crippen LogP contribution in [-0.2, 0) is 14.3 Å². The van der Waals surface area contributed by atoms with E-state index < -0.39 is 11.4 Å². The van der Waals surface area contributed by atoms with Gasteiger partial charge in [-0.3, -0.25) is 14.6 Å². The molecule has 0 radical (unpaired) electrons. The van der Waals surface area contributed by atoms with Crippen LogP contribution in [0, 0.1) is 0 Å². The summed E-state index contributed by atoms with van der Waals surface area (Å²) in [4.78, 5) is 24.8. The average molecular weight is 358 g/mol. The standard InChI is InChI=1S/C19H26N4O3/c1-13(14-7-4-3-5-8-14)23-16(11-19(2,22-23)18(20)25)17(24)21-15-9-6-10-26-12-15/h3-5,7-8,11,13,15,22H,6,9-10,12H2,1-2H3,(H2,20,25)(H,21,24)/t13-,15?,19?/m0/s1. The van der Waals surface area contributed by atoms with Crippen LogP contribution in [0.5, 0.6) is 0 Å². The van der Waals surface area contributed by atoms with Crippen LogP contribution in [0.1, 0.15) is 38.3 Å². The van der Waals surface area contributed by atoms with Gasteiger partial charge in [-0.15, -0.1) is 0 Å². The van der Waals surface area contributed by atoms with E-state index in [0.717, 1.165) is 25.0 Å². The number of nitrogens with zero attached hydrogens (tertiary/aromatic N) is 1. The fourth-order valence-corrected chi connectivity index (χ4v) is 3.29. The highest BCUT2D eigenvalue weighted by Crippen LogP contribution is 2.30. The Morgan fingerprint density at radius 1 is 1.38 bits per heavy atom. The van der Waals surface area contributed by atoms with Crippen LogP contribution in [-0.4, -0.2) is 41.6 Å². The highest BCUT2D eigenvalue weighted by Gasteiger charge is 2.42. The molecule has 140 valence electrons. The van der Waals surface area contributed by atoms with Crippen molar-refractivity contribution < 1.29 is 14.3 Å². The van der Waals surface area contributed by atoms with Gasteiger partial charge in [0.25, 0.3) is 5.91 Å². The van der Waals surface area contributed by atoms with Gasteiger partial charge >= 0.3 is 0 Å². The molecule has 0 spiro atoms. The van der Waals surface area contributed by atoms with Crippen LogP contribution in [0.3, 0.4) is 0 Å². The zero-order valence-electron chi connectivity index (χ0n) is 15.2. The van der Waals surface area contributed by atoms with Crippen molar-refractivity contribution >= 4 is 11.8 Å². The van der Waals surface area contributed by atoms with E-state index in [2.05, 4.69) is 10.7 Å². The first kappa shape index (κ1) is 18.4. The predicted octanol–water partition coefficient (Wildman–Crippen LogP) is 0.991. The Hall–Kier alpha value is -2.38. The summed E-state index contributed by atoms with van der Waals surface area (Å²) in [6.07, 6.45) is 3.41. The first-order valence-electron chi connectivity index (χ1n) is 8.94. The normalized spacial score (nSPS) is 26.9. The molecule has 2 aliphatic rings. The van der Waals surface area contributed by atoms with E-state index in [1.807, 2.05) is 37.3 Å². The summed E-state index contributed by atoms with van der Waals surface area (Å²) in [6, 6.07) is 9.61. The van der Waals surface area contributed by atoms with Crippen molar-refractivity contribution in [1.82, 2.24) is 15.8 Å². The summed E-state index contributed by atoms with van der Waals surface area (Å²) in [7, 11) is 0. The minimum Gasteiger partial charge on any atom is -0.379 e. The molecule has 2 amide bonds. The van der Waals surface area contributed by atoms with Gasteiger partial charge in [-0.25, -0.2) is 5.43 Å². The second kappa shape index (κ2) is 7.47. The Bertz CT molecular complexity index is 700. The first-order chi connectivity index (χ1) is 12.4. The largest absolute Gasteiger partial charge is 0.379 e. The van der Waals surface area contributed by atoms with Crippen LogP contribution in [0.15, 0.2) is 42.1 Å². The van der Waals surface area contributed by atoms with Crippen LogP contribution >= 0.6 is 0 Å². The van der Waals surface area contributed by atoms with E-state index in [9.17, 15) is 9.59 Å². The number of amides is 2. The van der Waals surface area contributed by atoms with Crippen molar-refractivity contribution in [1.29, 1.82) is 0 Å². The Labute approximate surface area is 153 Å². The monoisotopic (exact) mass is 358 g/mol. The fourth-order valence-electron chi connectivity index (χ4n) is 3.29. The lowest BCUT2D eigenvalue weighted by atomic mass is 10.0. The van der Waals surface area contributed by atoms with Crippen molar-refractivity contribution in [2.45, 2.75) is 44.3 Å². The summed E-state index contributed by atoms with van der Waals surface area (Å²) < 4.78 is 5.43. The van der Waals surface area contributed by atoms with Crippen LogP contribution in [0.2, 0.25) is 0 Å². The number of nitrogens with one attached hydrogen (secondary N) is 2. The van der Waals surface area contributed by atoms with Crippen molar-refractivity contribution in [3.05, 3.63) is 47.7 Å². The Kier molecular flexibility index (Phi) is 5.29. The molecule has 1 aromatic carbocycles. The van der Waals surface area contributed by atoms with E-state index in [1.165, 1.54) is 0 Å². The third-order valence-corrected chi connectivity index (χ3v) is 4.95. The summed E-state index contributed by atoms with van der Waals surface area (Å²) in [5.74, 6) is -0.771. The lowest BCUT2D eigenvalue weighted by molar-refractivity contribution is -0.124. The molecule has 0 bridgehead atoms.